The Labute approximate surface area is 182 Å². The van der Waals surface area contributed by atoms with Crippen LogP contribution in [0.3, 0.4) is 0 Å². The van der Waals surface area contributed by atoms with Gasteiger partial charge in [-0.1, -0.05) is 45.5 Å². The Hall–Kier alpha value is -2.68. The quantitative estimate of drug-likeness (QED) is 0.320. The zero-order valence-electron chi connectivity index (χ0n) is 14.9. The van der Waals surface area contributed by atoms with E-state index in [4.69, 9.17) is 4.98 Å². The smallest absolute Gasteiger partial charge is 0.276 e. The maximum atomic E-state index is 13.5. The molecular formula is C21H13BrN4OS2. The van der Waals surface area contributed by atoms with Crippen LogP contribution in [0.1, 0.15) is 15.5 Å². The molecule has 0 saturated carbocycles. The summed E-state index contributed by atoms with van der Waals surface area (Å²) in [5, 5.41) is 1.08. The number of amides is 1. The van der Waals surface area contributed by atoms with E-state index in [0.29, 0.717) is 16.7 Å². The van der Waals surface area contributed by atoms with Crippen LogP contribution in [0.2, 0.25) is 0 Å². The highest BCUT2D eigenvalue weighted by Gasteiger charge is 2.25. The van der Waals surface area contributed by atoms with E-state index in [9.17, 15) is 4.79 Å². The molecule has 0 saturated heterocycles. The summed E-state index contributed by atoms with van der Waals surface area (Å²) in [6, 6.07) is 19.4. The lowest BCUT2D eigenvalue weighted by Gasteiger charge is -2.18. The summed E-state index contributed by atoms with van der Waals surface area (Å²) in [5.74, 6) is -0.171. The van der Waals surface area contributed by atoms with Crippen LogP contribution in [0.25, 0.3) is 20.4 Å². The average Bonchev–Trinajstić information content (AvgIpc) is 3.36. The molecule has 0 fully saturated rings. The van der Waals surface area contributed by atoms with Crippen molar-refractivity contribution in [3.05, 3.63) is 82.0 Å². The fourth-order valence-electron chi connectivity index (χ4n) is 2.96. The van der Waals surface area contributed by atoms with Crippen LogP contribution in [0, 0.1) is 0 Å². The maximum Gasteiger partial charge on any atom is 0.289 e. The molecule has 0 atom stereocenters. The normalized spacial score (nSPS) is 11.2. The third-order valence-electron chi connectivity index (χ3n) is 4.34. The van der Waals surface area contributed by atoms with E-state index in [-0.39, 0.29) is 5.91 Å². The van der Waals surface area contributed by atoms with Crippen LogP contribution in [-0.4, -0.2) is 20.9 Å². The molecule has 5 aromatic rings. The molecule has 142 valence electrons. The SMILES string of the molecule is O=C(c1nc2ccccc2s1)N(Cc1ccccn1)c1nc2ccc(Br)cc2s1. The molecule has 8 heteroatoms. The topological polar surface area (TPSA) is 59.0 Å². The van der Waals surface area contributed by atoms with Crippen molar-refractivity contribution < 1.29 is 4.79 Å². The minimum atomic E-state index is -0.171. The molecule has 0 N–H and O–H groups in total. The molecule has 0 aliphatic rings. The highest BCUT2D eigenvalue weighted by atomic mass is 79.9. The zero-order chi connectivity index (χ0) is 19.8. The highest BCUT2D eigenvalue weighted by molar-refractivity contribution is 9.10. The predicted molar refractivity (Wildman–Crippen MR) is 122 cm³/mol. The Kier molecular flexibility index (Phi) is 4.83. The van der Waals surface area contributed by atoms with Crippen LogP contribution < -0.4 is 4.90 Å². The molecule has 5 nitrogen and oxygen atoms in total. The van der Waals surface area contributed by atoms with Gasteiger partial charge in [-0.3, -0.25) is 14.7 Å². The van der Waals surface area contributed by atoms with Crippen LogP contribution in [0.4, 0.5) is 5.13 Å². The summed E-state index contributed by atoms with van der Waals surface area (Å²) in [6.45, 7) is 0.330. The lowest BCUT2D eigenvalue weighted by atomic mass is 10.3. The van der Waals surface area contributed by atoms with Crippen LogP contribution in [0.5, 0.6) is 0 Å². The minimum Gasteiger partial charge on any atom is -0.276 e. The number of anilines is 1. The molecule has 5 rings (SSSR count). The van der Waals surface area contributed by atoms with Gasteiger partial charge in [0.15, 0.2) is 10.1 Å². The molecule has 0 aliphatic carbocycles. The summed E-state index contributed by atoms with van der Waals surface area (Å²) in [5.41, 5.74) is 2.48. The van der Waals surface area contributed by atoms with Gasteiger partial charge in [-0.2, -0.15) is 0 Å². The van der Waals surface area contributed by atoms with Gasteiger partial charge in [0, 0.05) is 10.7 Å². The van der Waals surface area contributed by atoms with E-state index in [1.165, 1.54) is 22.7 Å². The van der Waals surface area contributed by atoms with Gasteiger partial charge < -0.3 is 0 Å². The van der Waals surface area contributed by atoms with Crippen molar-refractivity contribution in [3.8, 4) is 0 Å². The summed E-state index contributed by atoms with van der Waals surface area (Å²) >= 11 is 6.37. The van der Waals surface area contributed by atoms with E-state index in [1.54, 1.807) is 11.1 Å². The average molecular weight is 481 g/mol. The van der Waals surface area contributed by atoms with Crippen molar-refractivity contribution in [1.82, 2.24) is 15.0 Å². The number of fused-ring (bicyclic) bond motifs is 2. The standard InChI is InChI=1S/C21H13BrN4OS2/c22-13-8-9-16-18(11-13)29-21(25-16)26(12-14-5-3-4-10-23-14)20(27)19-24-15-6-1-2-7-17(15)28-19/h1-11H,12H2. The van der Waals surface area contributed by atoms with Crippen molar-refractivity contribution in [3.63, 3.8) is 0 Å². The summed E-state index contributed by atoms with van der Waals surface area (Å²) in [6.07, 6.45) is 1.73. The molecule has 29 heavy (non-hydrogen) atoms. The van der Waals surface area contributed by atoms with Crippen molar-refractivity contribution in [2.45, 2.75) is 6.54 Å². The fourth-order valence-corrected chi connectivity index (χ4v) is 5.39. The molecule has 0 radical (unpaired) electrons. The van der Waals surface area contributed by atoms with Gasteiger partial charge in [-0.25, -0.2) is 9.97 Å². The van der Waals surface area contributed by atoms with Gasteiger partial charge >= 0.3 is 0 Å². The second kappa shape index (κ2) is 7.62. The van der Waals surface area contributed by atoms with Gasteiger partial charge in [0.1, 0.15) is 0 Å². The third kappa shape index (κ3) is 3.66. The van der Waals surface area contributed by atoms with Gasteiger partial charge in [-0.15, -0.1) is 11.3 Å². The van der Waals surface area contributed by atoms with E-state index < -0.39 is 0 Å². The van der Waals surface area contributed by atoms with E-state index in [2.05, 4.69) is 25.9 Å². The first-order valence-corrected chi connectivity index (χ1v) is 11.2. The predicted octanol–water partition coefficient (Wildman–Crippen LogP) is 5.91. The van der Waals surface area contributed by atoms with Crippen LogP contribution in [0.15, 0.2) is 71.3 Å². The molecule has 3 aromatic heterocycles. The maximum absolute atomic E-state index is 13.5. The van der Waals surface area contributed by atoms with Gasteiger partial charge in [-0.05, 0) is 42.5 Å². The molecule has 0 unspecified atom stereocenters. The summed E-state index contributed by atoms with van der Waals surface area (Å²) < 4.78 is 2.98. The minimum absolute atomic E-state index is 0.171. The van der Waals surface area contributed by atoms with Crippen LogP contribution >= 0.6 is 38.6 Å². The molecule has 0 aliphatic heterocycles. The van der Waals surface area contributed by atoms with E-state index in [0.717, 1.165) is 30.6 Å². The Morgan fingerprint density at radius 2 is 1.76 bits per heavy atom. The van der Waals surface area contributed by atoms with Crippen molar-refractivity contribution in [2.75, 3.05) is 4.90 Å². The first kappa shape index (κ1) is 18.4. The second-order valence-electron chi connectivity index (χ2n) is 6.31. The number of para-hydroxylation sites is 1. The number of carbonyl (C=O) groups is 1. The molecule has 0 bridgehead atoms. The fraction of sp³-hybridized carbons (Fsp3) is 0.0476. The van der Waals surface area contributed by atoms with Crippen molar-refractivity contribution in [2.24, 2.45) is 0 Å². The van der Waals surface area contributed by atoms with Gasteiger partial charge in [0.2, 0.25) is 0 Å². The molecule has 2 aromatic carbocycles. The Morgan fingerprint density at radius 1 is 0.931 bits per heavy atom. The number of nitrogens with zero attached hydrogens (tertiary/aromatic N) is 4. The number of thiazole rings is 2. The highest BCUT2D eigenvalue weighted by Crippen LogP contribution is 2.33. The summed E-state index contributed by atoms with van der Waals surface area (Å²) in [4.78, 5) is 28.8. The van der Waals surface area contributed by atoms with Crippen molar-refractivity contribution >= 4 is 70.1 Å². The zero-order valence-corrected chi connectivity index (χ0v) is 18.2. The molecule has 1 amide bonds. The van der Waals surface area contributed by atoms with E-state index >= 15 is 0 Å². The lowest BCUT2D eigenvalue weighted by Crippen LogP contribution is -2.30. The largest absolute Gasteiger partial charge is 0.289 e. The number of benzene rings is 2. The monoisotopic (exact) mass is 480 g/mol. The van der Waals surface area contributed by atoms with E-state index in [1.807, 2.05) is 60.7 Å². The first-order chi connectivity index (χ1) is 14.2. The second-order valence-corrected chi connectivity index (χ2v) is 9.26. The van der Waals surface area contributed by atoms with Crippen molar-refractivity contribution in [1.29, 1.82) is 0 Å². The first-order valence-electron chi connectivity index (χ1n) is 8.81. The number of rotatable bonds is 4. The number of pyridine rings is 1. The van der Waals surface area contributed by atoms with Gasteiger partial charge in [0.05, 0.1) is 32.7 Å². The van der Waals surface area contributed by atoms with Gasteiger partial charge in [0.25, 0.3) is 5.91 Å². The number of aromatic nitrogens is 3. The number of hydrogen-bond donors (Lipinski definition) is 0. The summed E-state index contributed by atoms with van der Waals surface area (Å²) in [7, 11) is 0. The Morgan fingerprint density at radius 3 is 2.59 bits per heavy atom. The van der Waals surface area contributed by atoms with Crippen LogP contribution in [-0.2, 0) is 6.54 Å². The Balaban J connectivity index is 1.59. The number of carbonyl (C=O) groups excluding carboxylic acids is 1. The Bertz CT molecular complexity index is 1300. The molecule has 3 heterocycles. The lowest BCUT2D eigenvalue weighted by molar-refractivity contribution is 0.0984. The number of halogens is 1. The third-order valence-corrected chi connectivity index (χ3v) is 6.90. The molecule has 0 spiro atoms. The number of hydrogen-bond acceptors (Lipinski definition) is 6. The molecular weight excluding hydrogens is 468 g/mol.